The summed E-state index contributed by atoms with van der Waals surface area (Å²) in [5, 5.41) is 9.44. The number of aromatic hydroxyl groups is 1. The van der Waals surface area contributed by atoms with Crippen LogP contribution in [0.3, 0.4) is 0 Å². The van der Waals surface area contributed by atoms with Crippen LogP contribution in [0.1, 0.15) is 19.4 Å². The van der Waals surface area contributed by atoms with E-state index in [4.69, 9.17) is 11.5 Å². The van der Waals surface area contributed by atoms with Crippen LogP contribution in [-0.4, -0.2) is 5.11 Å². The maximum absolute atomic E-state index is 9.44. The molecule has 0 aliphatic heterocycles. The predicted octanol–water partition coefficient (Wildman–Crippen LogP) is 1.17. The molecule has 0 aliphatic rings. The Morgan fingerprint density at radius 1 is 1.33 bits per heavy atom. The van der Waals surface area contributed by atoms with E-state index in [1.54, 1.807) is 18.2 Å². The minimum atomic E-state index is -0.556. The molecule has 0 saturated carbocycles. The highest BCUT2D eigenvalue weighted by Crippen LogP contribution is 2.28. The molecule has 0 bridgehead atoms. The van der Waals surface area contributed by atoms with Crippen molar-refractivity contribution in [3.05, 3.63) is 23.8 Å². The third-order valence-corrected chi connectivity index (χ3v) is 1.71. The Balaban J connectivity index is 3.23. The Morgan fingerprint density at radius 2 is 1.92 bits per heavy atom. The normalized spacial score (nSPS) is 11.6. The summed E-state index contributed by atoms with van der Waals surface area (Å²) < 4.78 is 0. The van der Waals surface area contributed by atoms with E-state index in [0.717, 1.165) is 0 Å². The van der Waals surface area contributed by atoms with E-state index < -0.39 is 5.54 Å². The van der Waals surface area contributed by atoms with Gasteiger partial charge in [-0.2, -0.15) is 0 Å². The van der Waals surface area contributed by atoms with Gasteiger partial charge in [-0.25, -0.2) is 0 Å². The Bertz CT molecular complexity index is 289. The van der Waals surface area contributed by atoms with Crippen LogP contribution < -0.4 is 11.5 Å². The van der Waals surface area contributed by atoms with Crippen LogP contribution in [-0.2, 0) is 5.54 Å². The Labute approximate surface area is 72.0 Å². The third kappa shape index (κ3) is 1.68. The number of anilines is 1. The van der Waals surface area contributed by atoms with E-state index in [0.29, 0.717) is 11.3 Å². The smallest absolute Gasteiger partial charge is 0.120 e. The second-order valence-electron chi connectivity index (χ2n) is 3.50. The van der Waals surface area contributed by atoms with Gasteiger partial charge in [-0.1, -0.05) is 0 Å². The molecule has 0 heterocycles. The average Bonchev–Trinajstić information content (AvgIpc) is 1.92. The highest BCUT2D eigenvalue weighted by atomic mass is 16.3. The summed E-state index contributed by atoms with van der Waals surface area (Å²) >= 11 is 0. The van der Waals surface area contributed by atoms with Crippen LogP contribution in [0.25, 0.3) is 0 Å². The largest absolute Gasteiger partial charge is 0.508 e. The summed E-state index contributed by atoms with van der Waals surface area (Å²) in [7, 11) is 0. The number of nitrogens with two attached hydrogens (primary N) is 2. The maximum Gasteiger partial charge on any atom is 0.120 e. The van der Waals surface area contributed by atoms with Crippen LogP contribution >= 0.6 is 0 Å². The van der Waals surface area contributed by atoms with Crippen molar-refractivity contribution in [2.45, 2.75) is 19.4 Å². The number of rotatable bonds is 1. The fourth-order valence-electron chi connectivity index (χ4n) is 1.07. The number of benzene rings is 1. The number of hydrogen-bond donors (Lipinski definition) is 3. The molecule has 12 heavy (non-hydrogen) atoms. The first-order valence-corrected chi connectivity index (χ1v) is 3.79. The fraction of sp³-hybridized carbons (Fsp3) is 0.333. The summed E-state index contributed by atoms with van der Waals surface area (Å²) in [5.74, 6) is 0.191. The van der Waals surface area contributed by atoms with Crippen LogP contribution in [0.5, 0.6) is 5.75 Å². The Kier molecular flexibility index (Phi) is 1.98. The number of phenols is 1. The van der Waals surface area contributed by atoms with Gasteiger partial charge >= 0.3 is 0 Å². The second-order valence-corrected chi connectivity index (χ2v) is 3.50. The molecule has 0 amide bonds. The van der Waals surface area contributed by atoms with Crippen molar-refractivity contribution in [3.8, 4) is 5.75 Å². The summed E-state index contributed by atoms with van der Waals surface area (Å²) in [6.07, 6.45) is 0. The minimum Gasteiger partial charge on any atom is -0.508 e. The molecule has 1 rings (SSSR count). The summed E-state index contributed by atoms with van der Waals surface area (Å²) in [6, 6.07) is 4.89. The van der Waals surface area contributed by atoms with E-state index in [-0.39, 0.29) is 5.75 Å². The SMILES string of the molecule is CC(C)(N)c1cc(N)ccc1O. The van der Waals surface area contributed by atoms with Gasteiger partial charge in [0.05, 0.1) is 0 Å². The fourth-order valence-corrected chi connectivity index (χ4v) is 1.07. The van der Waals surface area contributed by atoms with Crippen molar-refractivity contribution in [1.82, 2.24) is 0 Å². The Hall–Kier alpha value is -1.22. The lowest BCUT2D eigenvalue weighted by atomic mass is 9.94. The van der Waals surface area contributed by atoms with Gasteiger partial charge in [-0.05, 0) is 32.0 Å². The van der Waals surface area contributed by atoms with Gasteiger partial charge in [-0.15, -0.1) is 0 Å². The average molecular weight is 166 g/mol. The molecule has 0 unspecified atom stereocenters. The zero-order valence-electron chi connectivity index (χ0n) is 7.33. The Morgan fingerprint density at radius 3 is 2.33 bits per heavy atom. The number of hydrogen-bond acceptors (Lipinski definition) is 3. The summed E-state index contributed by atoms with van der Waals surface area (Å²) in [6.45, 7) is 3.64. The molecular formula is C9H14N2O. The first-order valence-electron chi connectivity index (χ1n) is 3.79. The molecule has 1 aromatic rings. The molecule has 3 nitrogen and oxygen atoms in total. The molecule has 66 valence electrons. The molecule has 1 aromatic carbocycles. The molecule has 5 N–H and O–H groups in total. The lowest BCUT2D eigenvalue weighted by Gasteiger charge is -2.20. The van der Waals surface area contributed by atoms with Gasteiger partial charge in [0, 0.05) is 16.8 Å². The van der Waals surface area contributed by atoms with Crippen LogP contribution in [0.2, 0.25) is 0 Å². The first-order chi connectivity index (χ1) is 5.41. The number of nitrogen functional groups attached to an aromatic ring is 1. The molecule has 0 aromatic heterocycles. The zero-order chi connectivity index (χ0) is 9.35. The van der Waals surface area contributed by atoms with Gasteiger partial charge in [0.15, 0.2) is 0 Å². The molecule has 0 fully saturated rings. The summed E-state index contributed by atoms with van der Waals surface area (Å²) in [5.41, 5.74) is 12.1. The molecule has 3 heteroatoms. The molecule has 0 atom stereocenters. The lowest BCUT2D eigenvalue weighted by molar-refractivity contribution is 0.440. The number of phenolic OH excluding ortho intramolecular Hbond substituents is 1. The standard InChI is InChI=1S/C9H14N2O/c1-9(2,11)7-5-6(10)3-4-8(7)12/h3-5,12H,10-11H2,1-2H3. The first kappa shape index (κ1) is 8.87. The van der Waals surface area contributed by atoms with E-state index in [2.05, 4.69) is 0 Å². The van der Waals surface area contributed by atoms with Gasteiger partial charge in [0.2, 0.25) is 0 Å². The van der Waals surface area contributed by atoms with Gasteiger partial charge in [0.25, 0.3) is 0 Å². The second kappa shape index (κ2) is 2.68. The molecule has 0 aliphatic carbocycles. The third-order valence-electron chi connectivity index (χ3n) is 1.71. The van der Waals surface area contributed by atoms with E-state index >= 15 is 0 Å². The van der Waals surface area contributed by atoms with Crippen molar-refractivity contribution >= 4 is 5.69 Å². The van der Waals surface area contributed by atoms with Gasteiger partial charge in [0.1, 0.15) is 5.75 Å². The van der Waals surface area contributed by atoms with Gasteiger partial charge in [-0.3, -0.25) is 0 Å². The van der Waals surface area contributed by atoms with Crippen molar-refractivity contribution in [3.63, 3.8) is 0 Å². The maximum atomic E-state index is 9.44. The van der Waals surface area contributed by atoms with Crippen molar-refractivity contribution in [2.75, 3.05) is 5.73 Å². The summed E-state index contributed by atoms with van der Waals surface area (Å²) in [4.78, 5) is 0. The molecule has 0 spiro atoms. The predicted molar refractivity (Wildman–Crippen MR) is 49.7 cm³/mol. The van der Waals surface area contributed by atoms with Crippen molar-refractivity contribution in [1.29, 1.82) is 0 Å². The molecular weight excluding hydrogens is 152 g/mol. The quantitative estimate of drug-likeness (QED) is 0.433. The topological polar surface area (TPSA) is 72.3 Å². The molecule has 0 radical (unpaired) electrons. The monoisotopic (exact) mass is 166 g/mol. The van der Waals surface area contributed by atoms with E-state index in [9.17, 15) is 5.11 Å². The highest BCUT2D eigenvalue weighted by molar-refractivity contribution is 5.49. The van der Waals surface area contributed by atoms with Crippen molar-refractivity contribution in [2.24, 2.45) is 5.73 Å². The van der Waals surface area contributed by atoms with Crippen LogP contribution in [0.4, 0.5) is 5.69 Å². The highest BCUT2D eigenvalue weighted by Gasteiger charge is 2.18. The zero-order valence-corrected chi connectivity index (χ0v) is 7.33. The lowest BCUT2D eigenvalue weighted by Crippen LogP contribution is -2.28. The van der Waals surface area contributed by atoms with Crippen molar-refractivity contribution < 1.29 is 5.11 Å². The minimum absolute atomic E-state index is 0.191. The van der Waals surface area contributed by atoms with E-state index in [1.807, 2.05) is 13.8 Å². The van der Waals surface area contributed by atoms with E-state index in [1.165, 1.54) is 0 Å². The van der Waals surface area contributed by atoms with Crippen LogP contribution in [0.15, 0.2) is 18.2 Å². The van der Waals surface area contributed by atoms with Crippen LogP contribution in [0, 0.1) is 0 Å². The molecule has 0 saturated heterocycles. The van der Waals surface area contributed by atoms with Gasteiger partial charge < -0.3 is 16.6 Å².